The van der Waals surface area contributed by atoms with E-state index in [0.29, 0.717) is 13.0 Å². The Morgan fingerprint density at radius 2 is 1.29 bits per heavy atom. The average Bonchev–Trinajstić information content (AvgIpc) is 2.67. The Kier molecular flexibility index (Phi) is 20.5. The van der Waals surface area contributed by atoms with E-state index in [1.54, 1.807) is 11.8 Å². The molecule has 0 aromatic carbocycles. The molecular formula is C23H45NO3S. The second kappa shape index (κ2) is 21.0. The molecule has 0 bridgehead atoms. The molecule has 0 radical (unpaired) electrons. The summed E-state index contributed by atoms with van der Waals surface area (Å²) in [6.45, 7) is 4.17. The third-order valence-electron chi connectivity index (χ3n) is 5.01. The quantitative estimate of drug-likeness (QED) is 0.188. The molecule has 0 aromatic heterocycles. The first-order chi connectivity index (χ1) is 13.6. The number of amides is 1. The van der Waals surface area contributed by atoms with Crippen LogP contribution in [0.1, 0.15) is 110 Å². The van der Waals surface area contributed by atoms with E-state index < -0.39 is 6.04 Å². The number of carbonyl (C=O) groups excluding carboxylic acids is 2. The molecule has 1 amide bonds. The van der Waals surface area contributed by atoms with Gasteiger partial charge in [-0.15, -0.1) is 0 Å². The Morgan fingerprint density at radius 1 is 0.821 bits per heavy atom. The van der Waals surface area contributed by atoms with Gasteiger partial charge in [-0.1, -0.05) is 90.4 Å². The lowest BCUT2D eigenvalue weighted by atomic mass is 10.0. The van der Waals surface area contributed by atoms with E-state index in [0.717, 1.165) is 18.6 Å². The van der Waals surface area contributed by atoms with Crippen molar-refractivity contribution in [2.45, 2.75) is 116 Å². The van der Waals surface area contributed by atoms with E-state index in [1.807, 2.05) is 6.26 Å². The number of thioether (sulfide) groups is 1. The zero-order chi connectivity index (χ0) is 20.9. The zero-order valence-electron chi connectivity index (χ0n) is 18.7. The Bertz CT molecular complexity index is 377. The molecule has 5 heteroatoms. The summed E-state index contributed by atoms with van der Waals surface area (Å²) in [5.41, 5.74) is 0. The highest BCUT2D eigenvalue weighted by atomic mass is 32.2. The van der Waals surface area contributed by atoms with Crippen LogP contribution < -0.4 is 5.32 Å². The topological polar surface area (TPSA) is 55.4 Å². The van der Waals surface area contributed by atoms with E-state index in [-0.39, 0.29) is 11.9 Å². The van der Waals surface area contributed by atoms with Gasteiger partial charge in [-0.3, -0.25) is 4.79 Å². The van der Waals surface area contributed by atoms with Crippen LogP contribution in [-0.2, 0) is 14.3 Å². The van der Waals surface area contributed by atoms with Gasteiger partial charge in [-0.25, -0.2) is 4.79 Å². The van der Waals surface area contributed by atoms with Crippen molar-refractivity contribution >= 4 is 23.6 Å². The van der Waals surface area contributed by atoms with Gasteiger partial charge in [0.15, 0.2) is 0 Å². The summed E-state index contributed by atoms with van der Waals surface area (Å²) < 4.78 is 5.35. The van der Waals surface area contributed by atoms with Crippen molar-refractivity contribution in [3.63, 3.8) is 0 Å². The summed E-state index contributed by atoms with van der Waals surface area (Å²) in [4.78, 5) is 23.3. The lowest BCUT2D eigenvalue weighted by Gasteiger charge is -2.16. The molecular weight excluding hydrogens is 370 g/mol. The fourth-order valence-corrected chi connectivity index (χ4v) is 3.77. The van der Waals surface area contributed by atoms with Crippen LogP contribution in [0.4, 0.5) is 0 Å². The van der Waals surface area contributed by atoms with E-state index in [1.165, 1.54) is 84.0 Å². The van der Waals surface area contributed by atoms with Crippen molar-refractivity contribution in [1.82, 2.24) is 5.32 Å². The molecule has 0 rings (SSSR count). The molecule has 0 aliphatic rings. The van der Waals surface area contributed by atoms with Gasteiger partial charge >= 0.3 is 5.97 Å². The minimum absolute atomic E-state index is 0.181. The molecule has 0 aliphatic carbocycles. The Hall–Kier alpha value is -0.710. The van der Waals surface area contributed by atoms with E-state index in [9.17, 15) is 9.59 Å². The van der Waals surface area contributed by atoms with Gasteiger partial charge in [0, 0.05) is 6.92 Å². The van der Waals surface area contributed by atoms with E-state index in [4.69, 9.17) is 4.74 Å². The van der Waals surface area contributed by atoms with E-state index >= 15 is 0 Å². The molecule has 1 unspecified atom stereocenters. The van der Waals surface area contributed by atoms with Gasteiger partial charge in [-0.05, 0) is 24.9 Å². The molecule has 0 fully saturated rings. The SMILES string of the molecule is CCCCCCCCCCCCCCCCOC(=O)C(CCSC)NC(C)=O. The Labute approximate surface area is 178 Å². The Morgan fingerprint density at radius 3 is 1.71 bits per heavy atom. The number of esters is 1. The molecule has 1 atom stereocenters. The lowest BCUT2D eigenvalue weighted by molar-refractivity contribution is -0.147. The van der Waals surface area contributed by atoms with Gasteiger partial charge < -0.3 is 10.1 Å². The summed E-state index contributed by atoms with van der Waals surface area (Å²) in [7, 11) is 0. The Balaban J connectivity index is 3.45. The predicted octanol–water partition coefficient (Wildman–Crippen LogP) is 6.27. The van der Waals surface area contributed by atoms with Crippen LogP contribution in [0.5, 0.6) is 0 Å². The van der Waals surface area contributed by atoms with Crippen LogP contribution in [0.3, 0.4) is 0 Å². The first-order valence-corrected chi connectivity index (χ1v) is 12.9. The van der Waals surface area contributed by atoms with Gasteiger partial charge in [0.2, 0.25) is 5.91 Å². The second-order valence-corrected chi connectivity index (χ2v) is 8.78. The van der Waals surface area contributed by atoms with Crippen molar-refractivity contribution < 1.29 is 14.3 Å². The smallest absolute Gasteiger partial charge is 0.328 e. The number of rotatable bonds is 20. The minimum Gasteiger partial charge on any atom is -0.464 e. The summed E-state index contributed by atoms with van der Waals surface area (Å²) in [6.07, 6.45) is 21.0. The molecule has 0 saturated carbocycles. The van der Waals surface area contributed by atoms with Crippen LogP contribution in [0.2, 0.25) is 0 Å². The average molecular weight is 416 g/mol. The minimum atomic E-state index is -0.503. The third-order valence-corrected chi connectivity index (χ3v) is 5.66. The van der Waals surface area contributed by atoms with Gasteiger partial charge in [0.25, 0.3) is 0 Å². The summed E-state index contributed by atoms with van der Waals surface area (Å²) >= 11 is 1.66. The monoisotopic (exact) mass is 415 g/mol. The molecule has 0 saturated heterocycles. The number of nitrogens with one attached hydrogen (secondary N) is 1. The summed E-state index contributed by atoms with van der Waals surface area (Å²) in [5, 5.41) is 2.69. The van der Waals surface area contributed by atoms with Gasteiger partial charge in [-0.2, -0.15) is 11.8 Å². The number of ether oxygens (including phenoxy) is 1. The molecule has 4 nitrogen and oxygen atoms in total. The fraction of sp³-hybridized carbons (Fsp3) is 0.913. The highest BCUT2D eigenvalue weighted by molar-refractivity contribution is 7.98. The van der Waals surface area contributed by atoms with Crippen LogP contribution in [0, 0.1) is 0 Å². The first kappa shape index (κ1) is 27.3. The maximum Gasteiger partial charge on any atom is 0.328 e. The molecule has 0 aliphatic heterocycles. The molecule has 166 valence electrons. The molecule has 0 heterocycles. The van der Waals surface area contributed by atoms with E-state index in [2.05, 4.69) is 12.2 Å². The molecule has 1 N–H and O–H groups in total. The van der Waals surface area contributed by atoms with Crippen molar-refractivity contribution in [2.24, 2.45) is 0 Å². The third kappa shape index (κ3) is 18.6. The van der Waals surface area contributed by atoms with Crippen LogP contribution in [0.25, 0.3) is 0 Å². The number of hydrogen-bond donors (Lipinski definition) is 1. The molecule has 0 spiro atoms. The summed E-state index contributed by atoms with van der Waals surface area (Å²) in [6, 6.07) is -0.503. The number of carbonyl (C=O) groups is 2. The lowest BCUT2D eigenvalue weighted by Crippen LogP contribution is -2.41. The normalized spacial score (nSPS) is 12.0. The molecule has 28 heavy (non-hydrogen) atoms. The van der Waals surface area contributed by atoms with Crippen molar-refractivity contribution in [2.75, 3.05) is 18.6 Å². The molecule has 0 aromatic rings. The van der Waals surface area contributed by atoms with Crippen molar-refractivity contribution in [1.29, 1.82) is 0 Å². The number of unbranched alkanes of at least 4 members (excludes halogenated alkanes) is 13. The van der Waals surface area contributed by atoms with Crippen LogP contribution >= 0.6 is 11.8 Å². The maximum atomic E-state index is 12.1. The summed E-state index contributed by atoms with van der Waals surface area (Å²) in [5.74, 6) is 0.359. The van der Waals surface area contributed by atoms with Crippen molar-refractivity contribution in [3.05, 3.63) is 0 Å². The number of hydrogen-bond acceptors (Lipinski definition) is 4. The zero-order valence-corrected chi connectivity index (χ0v) is 19.5. The highest BCUT2D eigenvalue weighted by Crippen LogP contribution is 2.13. The second-order valence-electron chi connectivity index (χ2n) is 7.80. The van der Waals surface area contributed by atoms with Crippen molar-refractivity contribution in [3.8, 4) is 0 Å². The van der Waals surface area contributed by atoms with Crippen LogP contribution in [-0.4, -0.2) is 36.5 Å². The predicted molar refractivity (Wildman–Crippen MR) is 122 cm³/mol. The highest BCUT2D eigenvalue weighted by Gasteiger charge is 2.20. The van der Waals surface area contributed by atoms with Gasteiger partial charge in [0.05, 0.1) is 6.61 Å². The first-order valence-electron chi connectivity index (χ1n) is 11.5. The van der Waals surface area contributed by atoms with Gasteiger partial charge in [0.1, 0.15) is 6.04 Å². The maximum absolute atomic E-state index is 12.1. The standard InChI is InChI=1S/C23H45NO3S/c1-4-5-6-7-8-9-10-11-12-13-14-15-16-17-19-27-23(26)22(18-20-28-3)24-21(2)25/h22H,4-20H2,1-3H3,(H,24,25). The largest absolute Gasteiger partial charge is 0.464 e. The fourth-order valence-electron chi connectivity index (χ4n) is 3.30. The van der Waals surface area contributed by atoms with Crippen LogP contribution in [0.15, 0.2) is 0 Å².